The second kappa shape index (κ2) is 4.80. The molecule has 0 bridgehead atoms. The highest BCUT2D eigenvalue weighted by molar-refractivity contribution is 4.76. The van der Waals surface area contributed by atoms with Crippen LogP contribution in [0.15, 0.2) is 0 Å². The normalized spacial score (nSPS) is 27.8. The number of nitrogens with two attached hydrogens (primary N) is 1. The van der Waals surface area contributed by atoms with E-state index in [-0.39, 0.29) is 6.04 Å². The summed E-state index contributed by atoms with van der Waals surface area (Å²) in [6.07, 6.45) is 1.32. The Morgan fingerprint density at radius 3 is 2.92 bits per heavy atom. The van der Waals surface area contributed by atoms with Gasteiger partial charge < -0.3 is 15.4 Å². The van der Waals surface area contributed by atoms with Gasteiger partial charge in [0.1, 0.15) is 0 Å². The predicted octanol–water partition coefficient (Wildman–Crippen LogP) is 0.302. The van der Waals surface area contributed by atoms with Crippen LogP contribution in [0.3, 0.4) is 0 Å². The maximum atomic E-state index is 5.84. The Labute approximate surface area is 74.9 Å². The van der Waals surface area contributed by atoms with Crippen molar-refractivity contribution in [2.24, 2.45) is 11.7 Å². The van der Waals surface area contributed by atoms with Gasteiger partial charge in [-0.05, 0) is 18.9 Å². The Hall–Kier alpha value is -0.120. The number of methoxy groups -OCH3 is 1. The summed E-state index contributed by atoms with van der Waals surface area (Å²) in [5.74, 6) is 0.847. The molecule has 0 saturated carbocycles. The molecule has 0 radical (unpaired) electrons. The summed E-state index contributed by atoms with van der Waals surface area (Å²) in [6, 6.07) is 0.181. The molecule has 1 heterocycles. The van der Waals surface area contributed by atoms with Crippen molar-refractivity contribution in [2.45, 2.75) is 19.4 Å². The molecule has 1 fully saturated rings. The molecule has 0 spiro atoms. The van der Waals surface area contributed by atoms with E-state index in [0.29, 0.717) is 6.61 Å². The van der Waals surface area contributed by atoms with E-state index >= 15 is 0 Å². The van der Waals surface area contributed by atoms with Crippen LogP contribution in [0.25, 0.3) is 0 Å². The number of hydrogen-bond acceptors (Lipinski definition) is 3. The minimum Gasteiger partial charge on any atom is -0.383 e. The fraction of sp³-hybridized carbons (Fsp3) is 1.00. The topological polar surface area (TPSA) is 38.5 Å². The third-order valence-electron chi connectivity index (χ3n) is 2.38. The monoisotopic (exact) mass is 172 g/mol. The Balaban J connectivity index is 2.14. The van der Waals surface area contributed by atoms with Gasteiger partial charge in [-0.15, -0.1) is 0 Å². The summed E-state index contributed by atoms with van der Waals surface area (Å²) in [5, 5.41) is 0. The molecule has 1 saturated heterocycles. The standard InChI is InChI=1S/C9H20N2O/c1-8-3-4-11(5-8)6-9(10)7-12-2/h8-9H,3-7,10H2,1-2H3. The van der Waals surface area contributed by atoms with Gasteiger partial charge in [0.25, 0.3) is 0 Å². The van der Waals surface area contributed by atoms with Gasteiger partial charge in [0.15, 0.2) is 0 Å². The highest BCUT2D eigenvalue weighted by Crippen LogP contribution is 2.14. The molecule has 12 heavy (non-hydrogen) atoms. The van der Waals surface area contributed by atoms with E-state index in [4.69, 9.17) is 10.5 Å². The smallest absolute Gasteiger partial charge is 0.0626 e. The third-order valence-corrected chi connectivity index (χ3v) is 2.38. The van der Waals surface area contributed by atoms with Crippen molar-refractivity contribution in [1.82, 2.24) is 4.90 Å². The lowest BCUT2D eigenvalue weighted by atomic mass is 10.2. The fourth-order valence-corrected chi connectivity index (χ4v) is 1.79. The average Bonchev–Trinajstić information content (AvgIpc) is 2.36. The molecule has 1 rings (SSSR count). The SMILES string of the molecule is COCC(N)CN1CCC(C)C1. The number of rotatable bonds is 4. The molecule has 3 nitrogen and oxygen atoms in total. The van der Waals surface area contributed by atoms with E-state index in [1.165, 1.54) is 19.5 Å². The first-order valence-electron chi connectivity index (χ1n) is 4.69. The fourth-order valence-electron chi connectivity index (χ4n) is 1.79. The van der Waals surface area contributed by atoms with Crippen molar-refractivity contribution in [1.29, 1.82) is 0 Å². The van der Waals surface area contributed by atoms with Crippen molar-refractivity contribution in [3.63, 3.8) is 0 Å². The van der Waals surface area contributed by atoms with Crippen LogP contribution in [0.4, 0.5) is 0 Å². The van der Waals surface area contributed by atoms with Crippen LogP contribution in [0.1, 0.15) is 13.3 Å². The predicted molar refractivity (Wildman–Crippen MR) is 50.1 cm³/mol. The van der Waals surface area contributed by atoms with Crippen LogP contribution in [-0.2, 0) is 4.74 Å². The Morgan fingerprint density at radius 2 is 2.42 bits per heavy atom. The van der Waals surface area contributed by atoms with E-state index in [9.17, 15) is 0 Å². The van der Waals surface area contributed by atoms with Gasteiger partial charge in [0.05, 0.1) is 6.61 Å². The Bertz CT molecular complexity index is 130. The van der Waals surface area contributed by atoms with E-state index in [1.807, 2.05) is 0 Å². The molecule has 2 atom stereocenters. The lowest BCUT2D eigenvalue weighted by Gasteiger charge is -2.19. The zero-order chi connectivity index (χ0) is 8.97. The van der Waals surface area contributed by atoms with Crippen molar-refractivity contribution >= 4 is 0 Å². The van der Waals surface area contributed by atoms with Gasteiger partial charge in [0.2, 0.25) is 0 Å². The lowest BCUT2D eigenvalue weighted by molar-refractivity contribution is 0.160. The van der Waals surface area contributed by atoms with Gasteiger partial charge >= 0.3 is 0 Å². The Kier molecular flexibility index (Phi) is 3.98. The minimum atomic E-state index is 0.181. The summed E-state index contributed by atoms with van der Waals surface area (Å²) in [4.78, 5) is 2.42. The summed E-state index contributed by atoms with van der Waals surface area (Å²) >= 11 is 0. The van der Waals surface area contributed by atoms with Crippen LogP contribution >= 0.6 is 0 Å². The highest BCUT2D eigenvalue weighted by Gasteiger charge is 2.19. The van der Waals surface area contributed by atoms with Gasteiger partial charge in [0, 0.05) is 26.2 Å². The maximum absolute atomic E-state index is 5.84. The molecule has 1 aliphatic heterocycles. The molecule has 0 aromatic rings. The van der Waals surface area contributed by atoms with Crippen molar-refractivity contribution in [3.8, 4) is 0 Å². The van der Waals surface area contributed by atoms with Crippen molar-refractivity contribution in [2.75, 3.05) is 33.4 Å². The number of nitrogens with zero attached hydrogens (tertiary/aromatic N) is 1. The van der Waals surface area contributed by atoms with Crippen LogP contribution in [0, 0.1) is 5.92 Å². The number of hydrogen-bond donors (Lipinski definition) is 1. The van der Waals surface area contributed by atoms with E-state index in [0.717, 1.165) is 12.5 Å². The molecule has 0 aliphatic carbocycles. The van der Waals surface area contributed by atoms with Gasteiger partial charge in [-0.1, -0.05) is 6.92 Å². The zero-order valence-corrected chi connectivity index (χ0v) is 8.12. The molecule has 0 amide bonds. The van der Waals surface area contributed by atoms with Gasteiger partial charge in [-0.25, -0.2) is 0 Å². The van der Waals surface area contributed by atoms with E-state index < -0.39 is 0 Å². The first-order chi connectivity index (χ1) is 5.72. The largest absolute Gasteiger partial charge is 0.383 e. The van der Waals surface area contributed by atoms with Gasteiger partial charge in [-0.2, -0.15) is 0 Å². The summed E-state index contributed by atoms with van der Waals surface area (Å²) in [6.45, 7) is 6.36. The second-order valence-electron chi connectivity index (χ2n) is 3.87. The minimum absolute atomic E-state index is 0.181. The third kappa shape index (κ3) is 3.09. The first-order valence-corrected chi connectivity index (χ1v) is 4.69. The van der Waals surface area contributed by atoms with Crippen molar-refractivity contribution in [3.05, 3.63) is 0 Å². The summed E-state index contributed by atoms with van der Waals surface area (Å²) in [7, 11) is 1.70. The van der Waals surface area contributed by atoms with Crippen molar-refractivity contribution < 1.29 is 4.74 Å². The van der Waals surface area contributed by atoms with E-state index in [1.54, 1.807) is 7.11 Å². The molecular weight excluding hydrogens is 152 g/mol. The van der Waals surface area contributed by atoms with Crippen LogP contribution in [0.5, 0.6) is 0 Å². The Morgan fingerprint density at radius 1 is 1.67 bits per heavy atom. The molecule has 0 aromatic carbocycles. The molecular formula is C9H20N2O. The first kappa shape index (κ1) is 9.96. The quantitative estimate of drug-likeness (QED) is 0.663. The molecule has 2 unspecified atom stereocenters. The van der Waals surface area contributed by atoms with E-state index in [2.05, 4.69) is 11.8 Å². The molecule has 1 aliphatic rings. The molecule has 72 valence electrons. The summed E-state index contributed by atoms with van der Waals surface area (Å²) in [5.41, 5.74) is 5.84. The maximum Gasteiger partial charge on any atom is 0.0626 e. The lowest BCUT2D eigenvalue weighted by Crippen LogP contribution is -2.39. The molecule has 3 heteroatoms. The summed E-state index contributed by atoms with van der Waals surface area (Å²) < 4.78 is 4.99. The molecule has 0 aromatic heterocycles. The van der Waals surface area contributed by atoms with Crippen LogP contribution in [-0.4, -0.2) is 44.3 Å². The van der Waals surface area contributed by atoms with Crippen LogP contribution < -0.4 is 5.73 Å². The number of ether oxygens (including phenoxy) is 1. The van der Waals surface area contributed by atoms with Gasteiger partial charge in [-0.3, -0.25) is 0 Å². The zero-order valence-electron chi connectivity index (χ0n) is 8.12. The highest BCUT2D eigenvalue weighted by atomic mass is 16.5. The number of likely N-dealkylation sites (tertiary alicyclic amines) is 1. The average molecular weight is 172 g/mol. The van der Waals surface area contributed by atoms with Crippen LogP contribution in [0.2, 0.25) is 0 Å². The molecule has 2 N–H and O–H groups in total. The second-order valence-corrected chi connectivity index (χ2v) is 3.87.